The van der Waals surface area contributed by atoms with Crippen LogP contribution in [0, 0.1) is 12.8 Å². The first-order chi connectivity index (χ1) is 13.7. The molecule has 3 unspecified atom stereocenters. The maximum Gasteiger partial charge on any atom is 0.173 e. The second-order valence-electron chi connectivity index (χ2n) is 7.61. The van der Waals surface area contributed by atoms with Crippen LogP contribution in [0.2, 0.25) is 0 Å². The minimum Gasteiger partial charge on any atom is -0.496 e. The first kappa shape index (κ1) is 18.8. The number of carbonyl (C=O) groups excluding carboxylic acids is 1. The summed E-state index contributed by atoms with van der Waals surface area (Å²) in [4.78, 5) is 13.1. The predicted molar refractivity (Wildman–Crippen MR) is 108 cm³/mol. The van der Waals surface area contributed by atoms with E-state index >= 15 is 0 Å². The zero-order valence-corrected chi connectivity index (χ0v) is 16.4. The Labute approximate surface area is 166 Å². The summed E-state index contributed by atoms with van der Waals surface area (Å²) >= 11 is 0. The van der Waals surface area contributed by atoms with E-state index in [2.05, 4.69) is 31.2 Å². The Morgan fingerprint density at radius 1 is 1.07 bits per heavy atom. The van der Waals surface area contributed by atoms with Crippen molar-refractivity contribution in [2.24, 2.45) is 5.92 Å². The Balaban J connectivity index is 1.42. The average Bonchev–Trinajstić information content (AvgIpc) is 2.73. The summed E-state index contributed by atoms with van der Waals surface area (Å²) in [7, 11) is 1.62. The van der Waals surface area contributed by atoms with Gasteiger partial charge in [0.15, 0.2) is 5.78 Å². The maximum atomic E-state index is 13.1. The highest BCUT2D eigenvalue weighted by molar-refractivity contribution is 6.22. The highest BCUT2D eigenvalue weighted by Crippen LogP contribution is 2.39. The zero-order valence-electron chi connectivity index (χ0n) is 16.4. The Morgan fingerprint density at radius 3 is 2.64 bits per heavy atom. The molecule has 2 aromatic rings. The van der Waals surface area contributed by atoms with Crippen molar-refractivity contribution in [2.45, 2.75) is 45.0 Å². The summed E-state index contributed by atoms with van der Waals surface area (Å²) < 4.78 is 17.5. The highest BCUT2D eigenvalue weighted by atomic mass is 16.5. The summed E-state index contributed by atoms with van der Waals surface area (Å²) in [5.74, 6) is 0.737. The third-order valence-electron chi connectivity index (χ3n) is 5.71. The molecule has 4 nitrogen and oxygen atoms in total. The van der Waals surface area contributed by atoms with Crippen LogP contribution in [-0.4, -0.2) is 25.1 Å². The van der Waals surface area contributed by atoms with Crippen molar-refractivity contribution in [3.8, 4) is 5.75 Å². The third kappa shape index (κ3) is 3.83. The summed E-state index contributed by atoms with van der Waals surface area (Å²) in [6.45, 7) is 2.68. The molecule has 2 aliphatic rings. The van der Waals surface area contributed by atoms with Gasteiger partial charge in [0.25, 0.3) is 0 Å². The van der Waals surface area contributed by atoms with Gasteiger partial charge >= 0.3 is 0 Å². The van der Waals surface area contributed by atoms with Crippen LogP contribution in [0.3, 0.4) is 0 Å². The van der Waals surface area contributed by atoms with E-state index < -0.39 is 0 Å². The second-order valence-corrected chi connectivity index (χ2v) is 7.61. The van der Waals surface area contributed by atoms with Crippen LogP contribution in [0.25, 0.3) is 5.57 Å². The molecule has 0 amide bonds. The summed E-state index contributed by atoms with van der Waals surface area (Å²) in [5.41, 5.74) is 3.83. The number of para-hydroxylation sites is 1. The summed E-state index contributed by atoms with van der Waals surface area (Å²) in [6, 6.07) is 16.0. The number of hydrogen-bond acceptors (Lipinski definition) is 4. The number of benzene rings is 2. The van der Waals surface area contributed by atoms with Crippen molar-refractivity contribution in [1.82, 2.24) is 0 Å². The summed E-state index contributed by atoms with van der Waals surface area (Å²) in [6.07, 6.45) is 4.04. The van der Waals surface area contributed by atoms with Crippen molar-refractivity contribution in [2.75, 3.05) is 7.11 Å². The zero-order chi connectivity index (χ0) is 19.5. The molecule has 2 aromatic carbocycles. The number of rotatable bonds is 5. The smallest absolute Gasteiger partial charge is 0.173 e. The Bertz CT molecular complexity index is 868. The number of aryl methyl sites for hydroxylation is 1. The molecule has 146 valence electrons. The number of allylic oxidation sites excluding steroid dienone is 1. The van der Waals surface area contributed by atoms with Gasteiger partial charge in [0, 0.05) is 12.0 Å². The van der Waals surface area contributed by atoms with E-state index in [1.54, 1.807) is 13.4 Å². The molecular weight excluding hydrogens is 352 g/mol. The minimum absolute atomic E-state index is 0.107. The van der Waals surface area contributed by atoms with Gasteiger partial charge in [0.1, 0.15) is 11.9 Å². The largest absolute Gasteiger partial charge is 0.496 e. The van der Waals surface area contributed by atoms with Gasteiger partial charge < -0.3 is 14.2 Å². The van der Waals surface area contributed by atoms with Crippen LogP contribution in [-0.2, 0) is 20.9 Å². The van der Waals surface area contributed by atoms with Gasteiger partial charge in [-0.05, 0) is 31.4 Å². The highest BCUT2D eigenvalue weighted by Gasteiger charge is 2.41. The molecule has 4 heteroatoms. The van der Waals surface area contributed by atoms with Crippen LogP contribution < -0.4 is 4.74 Å². The lowest BCUT2D eigenvalue weighted by Gasteiger charge is -2.37. The molecule has 0 spiro atoms. The molecule has 0 N–H and O–H groups in total. The third-order valence-corrected chi connectivity index (χ3v) is 5.71. The van der Waals surface area contributed by atoms with Gasteiger partial charge in [-0.15, -0.1) is 0 Å². The fraction of sp³-hybridized carbons (Fsp3) is 0.375. The molecule has 1 aliphatic carbocycles. The predicted octanol–water partition coefficient (Wildman–Crippen LogP) is 4.70. The lowest BCUT2D eigenvalue weighted by molar-refractivity contribution is -0.128. The second kappa shape index (κ2) is 8.19. The van der Waals surface area contributed by atoms with E-state index in [1.807, 2.05) is 24.3 Å². The molecule has 1 saturated carbocycles. The number of methoxy groups -OCH3 is 1. The molecule has 3 atom stereocenters. The van der Waals surface area contributed by atoms with Crippen molar-refractivity contribution in [3.05, 3.63) is 71.5 Å². The van der Waals surface area contributed by atoms with Crippen LogP contribution in [0.5, 0.6) is 5.75 Å². The molecule has 0 radical (unpaired) electrons. The molecule has 28 heavy (non-hydrogen) atoms. The number of ether oxygens (including phenoxy) is 3. The molecule has 1 aliphatic heterocycles. The first-order valence-corrected chi connectivity index (χ1v) is 9.86. The van der Waals surface area contributed by atoms with E-state index in [-0.39, 0.29) is 23.9 Å². The van der Waals surface area contributed by atoms with Crippen molar-refractivity contribution >= 4 is 11.4 Å². The fourth-order valence-corrected chi connectivity index (χ4v) is 4.07. The fourth-order valence-electron chi connectivity index (χ4n) is 4.07. The van der Waals surface area contributed by atoms with E-state index in [9.17, 15) is 4.79 Å². The average molecular weight is 378 g/mol. The van der Waals surface area contributed by atoms with Gasteiger partial charge in [-0.2, -0.15) is 0 Å². The van der Waals surface area contributed by atoms with Crippen LogP contribution in [0.1, 0.15) is 36.0 Å². The van der Waals surface area contributed by atoms with Gasteiger partial charge in [-0.3, -0.25) is 4.79 Å². The molecular formula is C24H26O4. The van der Waals surface area contributed by atoms with E-state index in [0.717, 1.165) is 24.8 Å². The van der Waals surface area contributed by atoms with Gasteiger partial charge in [-0.25, -0.2) is 0 Å². The molecule has 4 rings (SSSR count). The van der Waals surface area contributed by atoms with E-state index in [1.165, 1.54) is 11.1 Å². The number of ketones is 1. The number of Topliss-reactive ketones (excluding diaryl/α,β-unsaturated/α-hetero) is 1. The summed E-state index contributed by atoms with van der Waals surface area (Å²) in [5, 5.41) is 0. The van der Waals surface area contributed by atoms with Gasteiger partial charge in [-0.1, -0.05) is 48.0 Å². The standard InChI is InChI=1S/C24H26O4/c1-16-7-9-17(10-8-16)14-27-18-11-12-20-23(13-18)28-15-21(24(20)25)19-5-3-4-6-22(19)26-2/h3-10,15,18,20,23H,11-14H2,1-2H3. The van der Waals surface area contributed by atoms with Crippen molar-refractivity contribution < 1.29 is 19.0 Å². The van der Waals surface area contributed by atoms with Crippen LogP contribution in [0.15, 0.2) is 54.8 Å². The van der Waals surface area contributed by atoms with Crippen LogP contribution in [0.4, 0.5) is 0 Å². The Hall–Kier alpha value is -2.59. The van der Waals surface area contributed by atoms with E-state index in [4.69, 9.17) is 14.2 Å². The molecule has 1 fully saturated rings. The lowest BCUT2D eigenvalue weighted by Crippen LogP contribution is -2.41. The maximum absolute atomic E-state index is 13.1. The quantitative estimate of drug-likeness (QED) is 0.757. The molecule has 0 aromatic heterocycles. The van der Waals surface area contributed by atoms with Crippen LogP contribution >= 0.6 is 0 Å². The van der Waals surface area contributed by atoms with E-state index in [0.29, 0.717) is 17.9 Å². The SMILES string of the molecule is COc1ccccc1C1=COC2CC(OCc3ccc(C)cc3)CCC2C1=O. The topological polar surface area (TPSA) is 44.8 Å². The minimum atomic E-state index is -0.109. The van der Waals surface area contributed by atoms with Gasteiger partial charge in [0.05, 0.1) is 37.6 Å². The van der Waals surface area contributed by atoms with Crippen molar-refractivity contribution in [3.63, 3.8) is 0 Å². The lowest BCUT2D eigenvalue weighted by atomic mass is 9.77. The number of hydrogen-bond donors (Lipinski definition) is 0. The normalized spacial score (nSPS) is 24.1. The van der Waals surface area contributed by atoms with Crippen molar-refractivity contribution in [1.29, 1.82) is 0 Å². The molecule has 0 bridgehead atoms. The Kier molecular flexibility index (Phi) is 5.49. The molecule has 1 heterocycles. The number of carbonyl (C=O) groups is 1. The monoisotopic (exact) mass is 378 g/mol. The van der Waals surface area contributed by atoms with Gasteiger partial charge in [0.2, 0.25) is 0 Å². The first-order valence-electron chi connectivity index (χ1n) is 9.86. The molecule has 0 saturated heterocycles. The number of fused-ring (bicyclic) bond motifs is 1. The Morgan fingerprint density at radius 2 is 1.86 bits per heavy atom.